The molecule has 0 unspecified atom stereocenters. The lowest BCUT2D eigenvalue weighted by Gasteiger charge is -2.10. The van der Waals surface area contributed by atoms with E-state index in [0.29, 0.717) is 28.1 Å². The standard InChI is InChI=1S/C22H24ClN5O2S/c1-3-15-9-5-8-12-18(15)25-20(29)14-31-22-27-26-19(28(22)4-2)13-24-21(30)16-10-6-7-11-17(16)23/h5-12H,3-4,13-14H2,1-2H3,(H,24,30)(H,25,29). The number of aromatic nitrogens is 3. The Kier molecular flexibility index (Phi) is 8.08. The third-order valence-electron chi connectivity index (χ3n) is 4.64. The average Bonchev–Trinajstić information content (AvgIpc) is 3.18. The molecule has 3 rings (SSSR count). The molecule has 0 spiro atoms. The normalized spacial score (nSPS) is 10.7. The van der Waals surface area contributed by atoms with Crippen LogP contribution in [0.3, 0.4) is 0 Å². The van der Waals surface area contributed by atoms with E-state index in [1.54, 1.807) is 24.3 Å². The van der Waals surface area contributed by atoms with Gasteiger partial charge < -0.3 is 15.2 Å². The summed E-state index contributed by atoms with van der Waals surface area (Å²) in [6.45, 7) is 4.84. The molecule has 162 valence electrons. The summed E-state index contributed by atoms with van der Waals surface area (Å²) in [6.07, 6.45) is 0.844. The van der Waals surface area contributed by atoms with Crippen LogP contribution in [-0.4, -0.2) is 32.3 Å². The number of anilines is 1. The van der Waals surface area contributed by atoms with E-state index < -0.39 is 0 Å². The van der Waals surface area contributed by atoms with Gasteiger partial charge in [-0.15, -0.1) is 10.2 Å². The zero-order valence-electron chi connectivity index (χ0n) is 17.4. The van der Waals surface area contributed by atoms with Crippen LogP contribution >= 0.6 is 23.4 Å². The summed E-state index contributed by atoms with van der Waals surface area (Å²) in [5.74, 6) is 0.439. The maximum atomic E-state index is 12.4. The van der Waals surface area contributed by atoms with Gasteiger partial charge in [-0.05, 0) is 37.1 Å². The molecule has 1 heterocycles. The highest BCUT2D eigenvalue weighted by Gasteiger charge is 2.16. The van der Waals surface area contributed by atoms with E-state index in [9.17, 15) is 9.59 Å². The minimum absolute atomic E-state index is 0.106. The molecular formula is C22H24ClN5O2S. The van der Waals surface area contributed by atoms with Crippen molar-refractivity contribution in [2.24, 2.45) is 0 Å². The van der Waals surface area contributed by atoms with Crippen molar-refractivity contribution in [1.82, 2.24) is 20.1 Å². The number of carbonyl (C=O) groups is 2. The van der Waals surface area contributed by atoms with E-state index in [1.165, 1.54) is 11.8 Å². The van der Waals surface area contributed by atoms with Gasteiger partial charge in [0.1, 0.15) is 0 Å². The van der Waals surface area contributed by atoms with Crippen molar-refractivity contribution < 1.29 is 9.59 Å². The molecule has 2 N–H and O–H groups in total. The molecule has 0 saturated carbocycles. The molecule has 0 fully saturated rings. The van der Waals surface area contributed by atoms with Crippen molar-refractivity contribution in [2.75, 3.05) is 11.1 Å². The van der Waals surface area contributed by atoms with Gasteiger partial charge in [0, 0.05) is 12.2 Å². The molecule has 0 aliphatic rings. The first-order valence-electron chi connectivity index (χ1n) is 9.98. The predicted octanol–water partition coefficient (Wildman–Crippen LogP) is 4.17. The second-order valence-corrected chi connectivity index (χ2v) is 8.00. The summed E-state index contributed by atoms with van der Waals surface area (Å²) < 4.78 is 1.88. The van der Waals surface area contributed by atoms with Gasteiger partial charge in [-0.25, -0.2) is 0 Å². The minimum atomic E-state index is -0.278. The molecule has 31 heavy (non-hydrogen) atoms. The number of hydrogen-bond acceptors (Lipinski definition) is 5. The Labute approximate surface area is 190 Å². The topological polar surface area (TPSA) is 88.9 Å². The number of thioether (sulfide) groups is 1. The molecule has 0 aliphatic carbocycles. The van der Waals surface area contributed by atoms with E-state index in [4.69, 9.17) is 11.6 Å². The zero-order valence-corrected chi connectivity index (χ0v) is 19.0. The lowest BCUT2D eigenvalue weighted by atomic mass is 10.1. The van der Waals surface area contributed by atoms with Gasteiger partial charge in [0.25, 0.3) is 5.91 Å². The molecular weight excluding hydrogens is 434 g/mol. The number of amides is 2. The Morgan fingerprint density at radius 3 is 2.55 bits per heavy atom. The van der Waals surface area contributed by atoms with Crippen molar-refractivity contribution in [3.05, 3.63) is 70.5 Å². The number of para-hydroxylation sites is 1. The van der Waals surface area contributed by atoms with E-state index in [-0.39, 0.29) is 24.1 Å². The summed E-state index contributed by atoms with van der Waals surface area (Å²) in [5.41, 5.74) is 2.33. The predicted molar refractivity (Wildman–Crippen MR) is 123 cm³/mol. The van der Waals surface area contributed by atoms with Crippen LogP contribution in [0, 0.1) is 0 Å². The molecule has 9 heteroatoms. The quantitative estimate of drug-likeness (QED) is 0.470. The highest BCUT2D eigenvalue weighted by molar-refractivity contribution is 7.99. The maximum Gasteiger partial charge on any atom is 0.253 e. The second kappa shape index (κ2) is 11.0. The van der Waals surface area contributed by atoms with Gasteiger partial charge in [0.2, 0.25) is 5.91 Å². The van der Waals surface area contributed by atoms with Crippen LogP contribution in [-0.2, 0) is 24.3 Å². The van der Waals surface area contributed by atoms with Crippen molar-refractivity contribution >= 4 is 40.9 Å². The summed E-state index contributed by atoms with van der Waals surface area (Å²) in [7, 11) is 0. The molecule has 3 aromatic rings. The van der Waals surface area contributed by atoms with Gasteiger partial charge in [-0.2, -0.15) is 0 Å². The Morgan fingerprint density at radius 2 is 1.81 bits per heavy atom. The van der Waals surface area contributed by atoms with Crippen molar-refractivity contribution in [3.63, 3.8) is 0 Å². The van der Waals surface area contributed by atoms with Gasteiger partial charge in [0.05, 0.1) is 22.9 Å². The Morgan fingerprint density at radius 1 is 1.06 bits per heavy atom. The third-order valence-corrected chi connectivity index (χ3v) is 5.94. The number of carbonyl (C=O) groups excluding carboxylic acids is 2. The number of aryl methyl sites for hydroxylation is 1. The summed E-state index contributed by atoms with van der Waals surface area (Å²) >= 11 is 7.39. The van der Waals surface area contributed by atoms with E-state index in [2.05, 4.69) is 27.8 Å². The molecule has 0 saturated heterocycles. The molecule has 0 atom stereocenters. The van der Waals surface area contributed by atoms with Crippen molar-refractivity contribution in [1.29, 1.82) is 0 Å². The monoisotopic (exact) mass is 457 g/mol. The lowest BCUT2D eigenvalue weighted by Crippen LogP contribution is -2.25. The number of hydrogen-bond donors (Lipinski definition) is 2. The van der Waals surface area contributed by atoms with Crippen LogP contribution < -0.4 is 10.6 Å². The molecule has 2 amide bonds. The Hall–Kier alpha value is -2.84. The first-order valence-corrected chi connectivity index (χ1v) is 11.3. The first-order chi connectivity index (χ1) is 15.0. The lowest BCUT2D eigenvalue weighted by molar-refractivity contribution is -0.113. The van der Waals surface area contributed by atoms with Gasteiger partial charge in [-0.3, -0.25) is 9.59 Å². The van der Waals surface area contributed by atoms with E-state index in [0.717, 1.165) is 17.7 Å². The molecule has 7 nitrogen and oxygen atoms in total. The summed E-state index contributed by atoms with van der Waals surface area (Å²) in [5, 5.41) is 15.2. The second-order valence-electron chi connectivity index (χ2n) is 6.65. The number of halogens is 1. The highest BCUT2D eigenvalue weighted by atomic mass is 35.5. The first kappa shape index (κ1) is 22.8. The molecule has 2 aromatic carbocycles. The fraction of sp³-hybridized carbons (Fsp3) is 0.273. The molecule has 0 radical (unpaired) electrons. The van der Waals surface area contributed by atoms with Crippen LogP contribution in [0.15, 0.2) is 53.7 Å². The van der Waals surface area contributed by atoms with E-state index in [1.807, 2.05) is 35.8 Å². The average molecular weight is 458 g/mol. The largest absolute Gasteiger partial charge is 0.345 e. The van der Waals surface area contributed by atoms with Gasteiger partial charge >= 0.3 is 0 Å². The number of benzene rings is 2. The van der Waals surface area contributed by atoms with E-state index >= 15 is 0 Å². The fourth-order valence-electron chi connectivity index (χ4n) is 3.04. The van der Waals surface area contributed by atoms with Gasteiger partial charge in [-0.1, -0.05) is 60.6 Å². The highest BCUT2D eigenvalue weighted by Crippen LogP contribution is 2.20. The molecule has 0 bridgehead atoms. The minimum Gasteiger partial charge on any atom is -0.345 e. The van der Waals surface area contributed by atoms with Gasteiger partial charge in [0.15, 0.2) is 11.0 Å². The maximum absolute atomic E-state index is 12.4. The molecule has 0 aliphatic heterocycles. The van der Waals surface area contributed by atoms with Crippen LogP contribution in [0.5, 0.6) is 0 Å². The fourth-order valence-corrected chi connectivity index (χ4v) is 4.08. The molecule has 1 aromatic heterocycles. The zero-order chi connectivity index (χ0) is 22.2. The van der Waals surface area contributed by atoms with Crippen LogP contribution in [0.25, 0.3) is 0 Å². The smallest absolute Gasteiger partial charge is 0.253 e. The van der Waals surface area contributed by atoms with Crippen molar-refractivity contribution in [3.8, 4) is 0 Å². The van der Waals surface area contributed by atoms with Crippen LogP contribution in [0.2, 0.25) is 5.02 Å². The summed E-state index contributed by atoms with van der Waals surface area (Å²) in [4.78, 5) is 24.8. The number of nitrogens with one attached hydrogen (secondary N) is 2. The Balaban J connectivity index is 1.59. The van der Waals surface area contributed by atoms with Crippen LogP contribution in [0.4, 0.5) is 5.69 Å². The number of nitrogens with zero attached hydrogens (tertiary/aromatic N) is 3. The van der Waals surface area contributed by atoms with Crippen molar-refractivity contribution in [2.45, 2.75) is 38.5 Å². The number of rotatable bonds is 9. The third kappa shape index (κ3) is 5.86. The SMILES string of the molecule is CCc1ccccc1NC(=O)CSc1nnc(CNC(=O)c2ccccc2Cl)n1CC. The van der Waals surface area contributed by atoms with Crippen LogP contribution in [0.1, 0.15) is 35.6 Å². The Bertz CT molecular complexity index is 1070. The summed E-state index contributed by atoms with van der Waals surface area (Å²) in [6, 6.07) is 14.6.